The molecule has 10 nitrogen and oxygen atoms in total. The summed E-state index contributed by atoms with van der Waals surface area (Å²) in [6, 6.07) is 21.1. The highest BCUT2D eigenvalue weighted by atomic mass is 35.5. The average molecular weight is 713 g/mol. The molecule has 0 saturated heterocycles. The van der Waals surface area contributed by atoms with Crippen LogP contribution in [0.2, 0.25) is 5.02 Å². The molecule has 0 fully saturated rings. The van der Waals surface area contributed by atoms with Gasteiger partial charge in [-0.3, -0.25) is 18.7 Å². The normalized spacial score (nSPS) is 14.1. The van der Waals surface area contributed by atoms with Crippen LogP contribution in [0.3, 0.4) is 0 Å². The van der Waals surface area contributed by atoms with Crippen molar-refractivity contribution in [2.45, 2.75) is 77.9 Å². The third-order valence-corrected chi connectivity index (χ3v) is 10.3. The fraction of sp³-hybridized carbons (Fsp3) is 0.432. The van der Waals surface area contributed by atoms with Crippen LogP contribution in [-0.4, -0.2) is 56.5 Å². The van der Waals surface area contributed by atoms with Crippen LogP contribution in [0.5, 0.6) is 0 Å². The van der Waals surface area contributed by atoms with Gasteiger partial charge in [-0.1, -0.05) is 107 Å². The van der Waals surface area contributed by atoms with Crippen molar-refractivity contribution in [1.29, 1.82) is 0 Å². The minimum absolute atomic E-state index is 0.0340. The predicted octanol–water partition coefficient (Wildman–Crippen LogP) is 5.30. The molecule has 3 aromatic carbocycles. The van der Waals surface area contributed by atoms with Crippen molar-refractivity contribution in [3.63, 3.8) is 0 Å². The molecule has 3 aromatic rings. The van der Waals surface area contributed by atoms with E-state index in [2.05, 4.69) is 16.0 Å². The summed E-state index contributed by atoms with van der Waals surface area (Å²) < 4.78 is 27.4. The second kappa shape index (κ2) is 18.2. The van der Waals surface area contributed by atoms with E-state index in [0.717, 1.165) is 9.87 Å². The molecule has 0 bridgehead atoms. The second-order valence-corrected chi connectivity index (χ2v) is 15.6. The van der Waals surface area contributed by atoms with Gasteiger partial charge < -0.3 is 21.1 Å². The average Bonchev–Trinajstić information content (AvgIpc) is 3.05. The number of anilines is 1. The smallest absolute Gasteiger partial charge is 0.251 e. The summed E-state index contributed by atoms with van der Waals surface area (Å²) >= 11 is 6.40. The minimum atomic E-state index is -3.83. The maximum Gasteiger partial charge on any atom is 0.251 e. The van der Waals surface area contributed by atoms with Crippen LogP contribution in [-0.2, 0) is 31.9 Å². The molecule has 4 atom stereocenters. The summed E-state index contributed by atoms with van der Waals surface area (Å²) in [7, 11) is -2.44. The van der Waals surface area contributed by atoms with Gasteiger partial charge in [0.15, 0.2) is 0 Å². The van der Waals surface area contributed by atoms with Crippen molar-refractivity contribution in [2.75, 3.05) is 11.4 Å². The Morgan fingerprint density at radius 1 is 0.816 bits per heavy atom. The molecule has 12 heteroatoms. The first-order valence-corrected chi connectivity index (χ1v) is 18.5. The lowest BCUT2D eigenvalue weighted by molar-refractivity contribution is -0.132. The van der Waals surface area contributed by atoms with E-state index in [9.17, 15) is 27.9 Å². The van der Waals surface area contributed by atoms with Gasteiger partial charge in [0.25, 0.3) is 5.91 Å². The molecule has 266 valence electrons. The highest BCUT2D eigenvalue weighted by Gasteiger charge is 2.30. The van der Waals surface area contributed by atoms with E-state index in [-0.39, 0.29) is 52.1 Å². The first kappa shape index (κ1) is 39.5. The number of rotatable bonds is 17. The Morgan fingerprint density at radius 2 is 1.41 bits per heavy atom. The summed E-state index contributed by atoms with van der Waals surface area (Å²) in [5, 5.41) is 20.0. The molecule has 0 aromatic heterocycles. The molecule has 4 N–H and O–H groups in total. The quantitative estimate of drug-likeness (QED) is 0.150. The Bertz CT molecular complexity index is 1650. The standard InChI is InChI=1S/C37H49ClN4O6S/c1-24(2)19-31(33(43)20-26(5)35(44)41-34(25(3)4)37(46)39-22-27-13-9-7-10-14-27)40-36(45)29-17-18-30(38)32(21-29)42(6)49(47,48)23-28-15-11-8-12-16-28/h7-18,21,24-26,31,33-34,43H,19-20,22-23H2,1-6H3,(H,39,46)(H,40,45)(H,41,44)/t26?,31?,33?,34-/m0/s1. The lowest BCUT2D eigenvalue weighted by Gasteiger charge is -2.29. The van der Waals surface area contributed by atoms with Crippen LogP contribution in [0.4, 0.5) is 5.69 Å². The van der Waals surface area contributed by atoms with Crippen LogP contribution in [0.15, 0.2) is 78.9 Å². The number of aliphatic hydroxyl groups excluding tert-OH is 1. The SMILES string of the molecule is CC(C)CC(NC(=O)c1ccc(Cl)c(N(C)S(=O)(=O)Cc2ccccc2)c1)C(O)CC(C)C(=O)N[C@H](C(=O)NCc1ccccc1)C(C)C. The summed E-state index contributed by atoms with van der Waals surface area (Å²) in [6.45, 7) is 9.60. The highest BCUT2D eigenvalue weighted by Crippen LogP contribution is 2.29. The molecular weight excluding hydrogens is 664 g/mol. The maximum absolute atomic E-state index is 13.5. The molecular formula is C37H49ClN4O6S. The predicted molar refractivity (Wildman–Crippen MR) is 194 cm³/mol. The van der Waals surface area contributed by atoms with Crippen LogP contribution < -0.4 is 20.3 Å². The number of nitrogens with one attached hydrogen (secondary N) is 3. The Hall–Kier alpha value is -3.93. The third kappa shape index (κ3) is 11.9. The monoisotopic (exact) mass is 712 g/mol. The molecule has 3 rings (SSSR count). The zero-order chi connectivity index (χ0) is 36.3. The first-order chi connectivity index (χ1) is 23.1. The molecule has 0 spiro atoms. The molecule has 0 aliphatic rings. The zero-order valence-electron chi connectivity index (χ0n) is 29.0. The van der Waals surface area contributed by atoms with E-state index >= 15 is 0 Å². The molecule has 3 amide bonds. The fourth-order valence-corrected chi connectivity index (χ4v) is 6.91. The fourth-order valence-electron chi connectivity index (χ4n) is 5.36. The van der Waals surface area contributed by atoms with E-state index in [1.54, 1.807) is 37.3 Å². The summed E-state index contributed by atoms with van der Waals surface area (Å²) in [6.07, 6.45) is -0.632. The van der Waals surface area contributed by atoms with Crippen LogP contribution in [0.1, 0.15) is 68.9 Å². The number of carbonyl (C=O) groups excluding carboxylic acids is 3. The van der Waals surface area contributed by atoms with Gasteiger partial charge in [0.1, 0.15) is 6.04 Å². The number of aliphatic hydroxyl groups is 1. The van der Waals surface area contributed by atoms with E-state index in [0.29, 0.717) is 18.5 Å². The Kier molecular flexibility index (Phi) is 14.7. The van der Waals surface area contributed by atoms with Gasteiger partial charge in [0, 0.05) is 25.1 Å². The summed E-state index contributed by atoms with van der Waals surface area (Å²) in [5.74, 6) is -2.21. The molecule has 49 heavy (non-hydrogen) atoms. The van der Waals surface area contributed by atoms with Crippen molar-refractivity contribution >= 4 is 45.0 Å². The van der Waals surface area contributed by atoms with E-state index < -0.39 is 40.0 Å². The number of benzene rings is 3. The van der Waals surface area contributed by atoms with Gasteiger partial charge in [-0.2, -0.15) is 0 Å². The van der Waals surface area contributed by atoms with Crippen molar-refractivity contribution in [1.82, 2.24) is 16.0 Å². The van der Waals surface area contributed by atoms with E-state index in [1.807, 2.05) is 58.0 Å². The molecule has 0 aliphatic carbocycles. The van der Waals surface area contributed by atoms with Gasteiger partial charge in [-0.15, -0.1) is 0 Å². The number of sulfonamides is 1. The number of amides is 3. The second-order valence-electron chi connectivity index (χ2n) is 13.2. The topological polar surface area (TPSA) is 145 Å². The lowest BCUT2D eigenvalue weighted by Crippen LogP contribution is -2.51. The lowest BCUT2D eigenvalue weighted by atomic mass is 9.91. The van der Waals surface area contributed by atoms with Gasteiger partial charge in [0.2, 0.25) is 21.8 Å². The van der Waals surface area contributed by atoms with Crippen LogP contribution in [0.25, 0.3) is 0 Å². The van der Waals surface area contributed by atoms with Crippen molar-refractivity contribution < 1.29 is 27.9 Å². The van der Waals surface area contributed by atoms with Crippen molar-refractivity contribution in [3.8, 4) is 0 Å². The molecule has 0 aliphatic heterocycles. The molecule has 0 heterocycles. The van der Waals surface area contributed by atoms with E-state index in [4.69, 9.17) is 11.6 Å². The summed E-state index contributed by atoms with van der Waals surface area (Å²) in [5.41, 5.74) is 1.85. The van der Waals surface area contributed by atoms with Crippen LogP contribution in [0, 0.1) is 17.8 Å². The Balaban J connectivity index is 1.68. The van der Waals surface area contributed by atoms with Gasteiger partial charge in [-0.25, -0.2) is 8.42 Å². The number of carbonyl (C=O) groups is 3. The minimum Gasteiger partial charge on any atom is -0.391 e. The van der Waals surface area contributed by atoms with E-state index in [1.165, 1.54) is 25.2 Å². The number of nitrogens with zero attached hydrogens (tertiary/aromatic N) is 1. The van der Waals surface area contributed by atoms with Crippen LogP contribution >= 0.6 is 11.6 Å². The molecule has 0 saturated carbocycles. The van der Waals surface area contributed by atoms with Crippen molar-refractivity contribution in [2.24, 2.45) is 17.8 Å². The highest BCUT2D eigenvalue weighted by molar-refractivity contribution is 7.92. The van der Waals surface area contributed by atoms with Gasteiger partial charge in [0.05, 0.1) is 28.6 Å². The largest absolute Gasteiger partial charge is 0.391 e. The zero-order valence-corrected chi connectivity index (χ0v) is 30.6. The van der Waals surface area contributed by atoms with Crippen molar-refractivity contribution in [3.05, 3.63) is 101 Å². The first-order valence-electron chi connectivity index (χ1n) is 16.5. The Labute approximate surface area is 295 Å². The summed E-state index contributed by atoms with van der Waals surface area (Å²) in [4.78, 5) is 39.7. The number of hydrogen-bond donors (Lipinski definition) is 4. The van der Waals surface area contributed by atoms with Gasteiger partial charge >= 0.3 is 0 Å². The maximum atomic E-state index is 13.5. The number of halogens is 1. The molecule has 3 unspecified atom stereocenters. The Morgan fingerprint density at radius 3 is 1.98 bits per heavy atom. The number of hydrogen-bond acceptors (Lipinski definition) is 6. The third-order valence-electron chi connectivity index (χ3n) is 8.26. The molecule has 0 radical (unpaired) electrons. The van der Waals surface area contributed by atoms with Gasteiger partial charge in [-0.05, 0) is 54.0 Å².